The highest BCUT2D eigenvalue weighted by Crippen LogP contribution is 2.20. The van der Waals surface area contributed by atoms with Gasteiger partial charge in [0.1, 0.15) is 0 Å². The van der Waals surface area contributed by atoms with Crippen LogP contribution in [0.2, 0.25) is 0 Å². The third kappa shape index (κ3) is 2.41. The molecule has 104 valence electrons. The van der Waals surface area contributed by atoms with Gasteiger partial charge < -0.3 is 4.90 Å². The summed E-state index contributed by atoms with van der Waals surface area (Å²) >= 11 is 0. The Kier molecular flexibility index (Phi) is 3.73. The molecular weight excluding hydrogens is 242 g/mol. The number of aryl methyl sites for hydroxylation is 2. The Morgan fingerprint density at radius 1 is 1.26 bits per heavy atom. The second kappa shape index (κ2) is 5.15. The summed E-state index contributed by atoms with van der Waals surface area (Å²) in [7, 11) is 1.78. The number of Topliss-reactive ketones (excluding diaryl/α,β-unsaturated/α-hetero) is 1. The number of piperidine rings is 1. The molecule has 1 saturated heterocycles. The molecule has 0 N–H and O–H groups in total. The summed E-state index contributed by atoms with van der Waals surface area (Å²) in [5.74, 6) is -0.803. The van der Waals surface area contributed by atoms with E-state index in [1.165, 1.54) is 0 Å². The predicted octanol–water partition coefficient (Wildman–Crippen LogP) is 1.62. The summed E-state index contributed by atoms with van der Waals surface area (Å²) in [6, 6.07) is 0.155. The monoisotopic (exact) mass is 263 g/mol. The molecule has 0 unspecified atom stereocenters. The number of carbonyl (C=O) groups excluding carboxylic acids is 2. The van der Waals surface area contributed by atoms with Crippen LogP contribution in [0.5, 0.6) is 0 Å². The maximum Gasteiger partial charge on any atom is 0.295 e. The van der Waals surface area contributed by atoms with Gasteiger partial charge in [0.2, 0.25) is 0 Å². The van der Waals surface area contributed by atoms with Crippen LogP contribution in [-0.4, -0.2) is 39.0 Å². The van der Waals surface area contributed by atoms with Gasteiger partial charge in [0.15, 0.2) is 0 Å². The molecule has 2 rings (SSSR count). The van der Waals surface area contributed by atoms with Crippen molar-refractivity contribution in [3.63, 3.8) is 0 Å². The zero-order valence-electron chi connectivity index (χ0n) is 12.1. The van der Waals surface area contributed by atoms with Gasteiger partial charge in [-0.2, -0.15) is 5.10 Å². The first-order valence-electron chi connectivity index (χ1n) is 6.79. The van der Waals surface area contributed by atoms with Crippen LogP contribution in [0, 0.1) is 13.8 Å². The van der Waals surface area contributed by atoms with E-state index < -0.39 is 5.78 Å². The Labute approximate surface area is 113 Å². The SMILES string of the molecule is Cc1nn(C)c(C)c1C(=O)C(=O)N1CCCC[C@H]1C. The number of rotatable bonds is 2. The highest BCUT2D eigenvalue weighted by atomic mass is 16.2. The van der Waals surface area contributed by atoms with Crippen molar-refractivity contribution >= 4 is 11.7 Å². The van der Waals surface area contributed by atoms with Crippen molar-refractivity contribution in [1.82, 2.24) is 14.7 Å². The van der Waals surface area contributed by atoms with Gasteiger partial charge in [-0.05, 0) is 40.0 Å². The van der Waals surface area contributed by atoms with Gasteiger partial charge in [0, 0.05) is 25.3 Å². The highest BCUT2D eigenvalue weighted by molar-refractivity contribution is 6.43. The van der Waals surface area contributed by atoms with E-state index in [9.17, 15) is 9.59 Å². The van der Waals surface area contributed by atoms with Gasteiger partial charge in [0.25, 0.3) is 11.7 Å². The van der Waals surface area contributed by atoms with Gasteiger partial charge >= 0.3 is 0 Å². The maximum atomic E-state index is 12.4. The minimum absolute atomic E-state index is 0.155. The first-order chi connectivity index (χ1) is 8.93. The Morgan fingerprint density at radius 3 is 2.47 bits per heavy atom. The van der Waals surface area contributed by atoms with Crippen molar-refractivity contribution in [2.75, 3.05) is 6.54 Å². The van der Waals surface area contributed by atoms with E-state index in [-0.39, 0.29) is 11.9 Å². The van der Waals surface area contributed by atoms with Crippen molar-refractivity contribution < 1.29 is 9.59 Å². The van der Waals surface area contributed by atoms with Gasteiger partial charge in [-0.25, -0.2) is 0 Å². The zero-order valence-corrected chi connectivity index (χ0v) is 12.1. The second-order valence-corrected chi connectivity index (χ2v) is 5.34. The smallest absolute Gasteiger partial charge is 0.295 e. The molecule has 1 atom stereocenters. The molecule has 0 radical (unpaired) electrons. The summed E-state index contributed by atoms with van der Waals surface area (Å²) in [6.45, 7) is 6.28. The topological polar surface area (TPSA) is 55.2 Å². The van der Waals surface area contributed by atoms with Crippen LogP contribution in [0.3, 0.4) is 0 Å². The zero-order chi connectivity index (χ0) is 14.2. The fourth-order valence-electron chi connectivity index (χ4n) is 2.74. The second-order valence-electron chi connectivity index (χ2n) is 5.34. The van der Waals surface area contributed by atoms with E-state index in [0.29, 0.717) is 17.8 Å². The molecule has 0 aliphatic carbocycles. The van der Waals surface area contributed by atoms with E-state index in [2.05, 4.69) is 5.10 Å². The van der Waals surface area contributed by atoms with E-state index in [1.807, 2.05) is 13.8 Å². The average Bonchev–Trinajstić information content (AvgIpc) is 2.62. The highest BCUT2D eigenvalue weighted by Gasteiger charge is 2.31. The van der Waals surface area contributed by atoms with Gasteiger partial charge in [-0.1, -0.05) is 0 Å². The van der Waals surface area contributed by atoms with Crippen LogP contribution in [0.1, 0.15) is 47.9 Å². The summed E-state index contributed by atoms with van der Waals surface area (Å²) in [4.78, 5) is 26.5. The van der Waals surface area contributed by atoms with Crippen LogP contribution >= 0.6 is 0 Å². The largest absolute Gasteiger partial charge is 0.333 e. The molecule has 5 heteroatoms. The summed E-state index contributed by atoms with van der Waals surface area (Å²) in [6.07, 6.45) is 3.09. The molecule has 0 saturated carbocycles. The van der Waals surface area contributed by atoms with Gasteiger partial charge in [-0.15, -0.1) is 0 Å². The van der Waals surface area contributed by atoms with Crippen molar-refractivity contribution in [3.8, 4) is 0 Å². The third-order valence-electron chi connectivity index (χ3n) is 3.99. The lowest BCUT2D eigenvalue weighted by Gasteiger charge is -2.32. The fourth-order valence-corrected chi connectivity index (χ4v) is 2.74. The Morgan fingerprint density at radius 2 is 1.95 bits per heavy atom. The van der Waals surface area contributed by atoms with Crippen molar-refractivity contribution in [3.05, 3.63) is 17.0 Å². The fraction of sp³-hybridized carbons (Fsp3) is 0.643. The Hall–Kier alpha value is -1.65. The molecular formula is C14H21N3O2. The lowest BCUT2D eigenvalue weighted by molar-refractivity contribution is -0.129. The molecule has 1 aliphatic heterocycles. The molecule has 1 amide bonds. The van der Waals surface area contributed by atoms with Crippen LogP contribution < -0.4 is 0 Å². The molecule has 1 aromatic rings. The standard InChI is InChI=1S/C14H21N3O2/c1-9-7-5-6-8-17(9)14(19)13(18)12-10(2)15-16(4)11(12)3/h9H,5-8H2,1-4H3/t9-/m1/s1. The average molecular weight is 263 g/mol. The van der Waals surface area contributed by atoms with Crippen LogP contribution in [0.4, 0.5) is 0 Å². The predicted molar refractivity (Wildman–Crippen MR) is 72.0 cm³/mol. The number of amides is 1. The lowest BCUT2D eigenvalue weighted by Crippen LogP contribution is -2.45. The minimum Gasteiger partial charge on any atom is -0.333 e. The number of likely N-dealkylation sites (tertiary alicyclic amines) is 1. The number of hydrogen-bond donors (Lipinski definition) is 0. The van der Waals surface area contributed by atoms with Gasteiger partial charge in [0.05, 0.1) is 11.3 Å². The van der Waals surface area contributed by atoms with Crippen LogP contribution in [0.25, 0.3) is 0 Å². The van der Waals surface area contributed by atoms with Gasteiger partial charge in [-0.3, -0.25) is 14.3 Å². The molecule has 1 aromatic heterocycles. The van der Waals surface area contributed by atoms with Crippen molar-refractivity contribution in [1.29, 1.82) is 0 Å². The summed E-state index contributed by atoms with van der Waals surface area (Å²) in [5.41, 5.74) is 1.84. The van der Waals surface area contributed by atoms with Crippen LogP contribution in [-0.2, 0) is 11.8 Å². The molecule has 5 nitrogen and oxygen atoms in total. The first kappa shape index (κ1) is 13.8. The number of ketones is 1. The molecule has 2 heterocycles. The third-order valence-corrected chi connectivity index (χ3v) is 3.99. The number of nitrogens with zero attached hydrogens (tertiary/aromatic N) is 3. The number of aromatic nitrogens is 2. The first-order valence-corrected chi connectivity index (χ1v) is 6.79. The Bertz CT molecular complexity index is 519. The molecule has 0 spiro atoms. The normalized spacial score (nSPS) is 19.6. The maximum absolute atomic E-state index is 12.4. The van der Waals surface area contributed by atoms with Crippen LogP contribution in [0.15, 0.2) is 0 Å². The quantitative estimate of drug-likeness (QED) is 0.602. The molecule has 0 bridgehead atoms. The summed E-state index contributed by atoms with van der Waals surface area (Å²) in [5, 5.41) is 4.20. The minimum atomic E-state index is -0.420. The lowest BCUT2D eigenvalue weighted by atomic mass is 10.0. The molecule has 1 aliphatic rings. The van der Waals surface area contributed by atoms with Crippen molar-refractivity contribution in [2.24, 2.45) is 7.05 Å². The Balaban J connectivity index is 2.26. The summed E-state index contributed by atoms with van der Waals surface area (Å²) < 4.78 is 1.65. The molecule has 19 heavy (non-hydrogen) atoms. The number of hydrogen-bond acceptors (Lipinski definition) is 3. The molecule has 1 fully saturated rings. The molecule has 0 aromatic carbocycles. The number of carbonyl (C=O) groups is 2. The van der Waals surface area contributed by atoms with E-state index >= 15 is 0 Å². The van der Waals surface area contributed by atoms with E-state index in [4.69, 9.17) is 0 Å². The van der Waals surface area contributed by atoms with Crippen molar-refractivity contribution in [2.45, 2.75) is 46.1 Å². The van der Waals surface area contributed by atoms with E-state index in [0.717, 1.165) is 25.0 Å². The van der Waals surface area contributed by atoms with E-state index in [1.54, 1.807) is 23.6 Å².